The molecule has 0 radical (unpaired) electrons. The summed E-state index contributed by atoms with van der Waals surface area (Å²) in [5, 5.41) is 0. The van der Waals surface area contributed by atoms with E-state index in [4.69, 9.17) is 10.7 Å². The predicted octanol–water partition coefficient (Wildman–Crippen LogP) is 3.37. The maximum Gasteiger partial charge on any atom is 0.126 e. The number of hydrogen-bond donors (Lipinski definition) is 1. The minimum atomic E-state index is 0.0541. The fraction of sp³-hybridized carbons (Fsp3) is 0.786. The zero-order valence-electron chi connectivity index (χ0n) is 12.2. The van der Waals surface area contributed by atoms with Crippen molar-refractivity contribution >= 4 is 5.82 Å². The highest BCUT2D eigenvalue weighted by Gasteiger charge is 2.24. The smallest absolute Gasteiger partial charge is 0.126 e. The van der Waals surface area contributed by atoms with Gasteiger partial charge in [0.25, 0.3) is 0 Å². The highest BCUT2D eigenvalue weighted by Crippen LogP contribution is 2.27. The fourth-order valence-corrected chi connectivity index (χ4v) is 2.07. The molecule has 0 spiro atoms. The predicted molar refractivity (Wildman–Crippen MR) is 74.2 cm³/mol. The monoisotopic (exact) mass is 237 g/mol. The van der Waals surface area contributed by atoms with Gasteiger partial charge in [-0.2, -0.15) is 0 Å². The second kappa shape index (κ2) is 5.11. The van der Waals surface area contributed by atoms with Crippen molar-refractivity contribution in [2.24, 2.45) is 5.92 Å². The molecular weight excluding hydrogens is 210 g/mol. The molecule has 0 atom stereocenters. The van der Waals surface area contributed by atoms with Crippen molar-refractivity contribution in [1.82, 2.24) is 9.55 Å². The van der Waals surface area contributed by atoms with E-state index in [0.717, 1.165) is 36.7 Å². The van der Waals surface area contributed by atoms with Crippen LogP contribution in [0.5, 0.6) is 0 Å². The molecule has 1 rings (SSSR count). The quantitative estimate of drug-likeness (QED) is 0.872. The Hall–Kier alpha value is -0.990. The molecule has 0 aromatic carbocycles. The van der Waals surface area contributed by atoms with Gasteiger partial charge in [0, 0.05) is 12.0 Å². The number of anilines is 1. The third-order valence-corrected chi connectivity index (χ3v) is 2.80. The number of rotatable bonds is 4. The zero-order chi connectivity index (χ0) is 13.2. The number of imidazole rings is 1. The molecule has 0 aliphatic rings. The minimum Gasteiger partial charge on any atom is -0.384 e. The van der Waals surface area contributed by atoms with Crippen LogP contribution in [0.25, 0.3) is 0 Å². The van der Waals surface area contributed by atoms with Crippen LogP contribution in [-0.4, -0.2) is 9.55 Å². The average molecular weight is 237 g/mol. The van der Waals surface area contributed by atoms with Crippen LogP contribution < -0.4 is 5.73 Å². The zero-order valence-corrected chi connectivity index (χ0v) is 12.2. The van der Waals surface area contributed by atoms with Crippen molar-refractivity contribution < 1.29 is 0 Å². The van der Waals surface area contributed by atoms with E-state index >= 15 is 0 Å². The van der Waals surface area contributed by atoms with E-state index in [-0.39, 0.29) is 5.41 Å². The Labute approximate surface area is 105 Å². The SMILES string of the molecule is CCCn1c(C(C)(C)C)nc(CC(C)C)c1N. The molecule has 1 heterocycles. The van der Waals surface area contributed by atoms with Gasteiger partial charge in [-0.25, -0.2) is 4.98 Å². The van der Waals surface area contributed by atoms with E-state index in [9.17, 15) is 0 Å². The maximum atomic E-state index is 6.24. The third-order valence-electron chi connectivity index (χ3n) is 2.80. The van der Waals surface area contributed by atoms with E-state index < -0.39 is 0 Å². The lowest BCUT2D eigenvalue weighted by atomic mass is 9.95. The summed E-state index contributed by atoms with van der Waals surface area (Å²) in [4.78, 5) is 4.78. The summed E-state index contributed by atoms with van der Waals surface area (Å²) in [6.45, 7) is 14.1. The molecule has 1 aromatic rings. The van der Waals surface area contributed by atoms with Crippen LogP contribution >= 0.6 is 0 Å². The molecule has 17 heavy (non-hydrogen) atoms. The molecule has 0 saturated heterocycles. The Bertz CT molecular complexity index is 370. The molecule has 0 unspecified atom stereocenters. The molecule has 0 amide bonds. The molecule has 98 valence electrons. The average Bonchev–Trinajstić information content (AvgIpc) is 2.45. The molecule has 0 fully saturated rings. The highest BCUT2D eigenvalue weighted by atomic mass is 15.1. The van der Waals surface area contributed by atoms with Gasteiger partial charge in [0.1, 0.15) is 11.6 Å². The molecule has 0 aliphatic heterocycles. The summed E-state index contributed by atoms with van der Waals surface area (Å²) in [6.07, 6.45) is 2.05. The topological polar surface area (TPSA) is 43.8 Å². The van der Waals surface area contributed by atoms with Crippen LogP contribution in [-0.2, 0) is 18.4 Å². The molecule has 0 saturated carbocycles. The van der Waals surface area contributed by atoms with Crippen molar-refractivity contribution in [3.05, 3.63) is 11.5 Å². The van der Waals surface area contributed by atoms with Crippen LogP contribution in [0.15, 0.2) is 0 Å². The van der Waals surface area contributed by atoms with E-state index in [1.807, 2.05) is 0 Å². The molecular formula is C14H27N3. The van der Waals surface area contributed by atoms with Crippen LogP contribution in [0.1, 0.15) is 59.5 Å². The summed E-state index contributed by atoms with van der Waals surface area (Å²) in [7, 11) is 0. The van der Waals surface area contributed by atoms with Crippen molar-refractivity contribution in [2.45, 2.75) is 66.3 Å². The second-order valence-electron chi connectivity index (χ2n) is 6.27. The number of nitrogen functional groups attached to an aromatic ring is 1. The standard InChI is InChI=1S/C14H27N3/c1-7-8-17-12(15)11(9-10(2)3)16-13(17)14(4,5)6/h10H,7-9,15H2,1-6H3. The summed E-state index contributed by atoms with van der Waals surface area (Å²) in [6, 6.07) is 0. The second-order valence-corrected chi connectivity index (χ2v) is 6.27. The van der Waals surface area contributed by atoms with Crippen LogP contribution in [0.3, 0.4) is 0 Å². The normalized spacial score (nSPS) is 12.4. The third kappa shape index (κ3) is 3.24. The molecule has 0 aliphatic carbocycles. The number of aromatic nitrogens is 2. The summed E-state index contributed by atoms with van der Waals surface area (Å²) >= 11 is 0. The maximum absolute atomic E-state index is 6.24. The van der Waals surface area contributed by atoms with Gasteiger partial charge < -0.3 is 10.3 Å². The van der Waals surface area contributed by atoms with Crippen LogP contribution in [0.4, 0.5) is 5.82 Å². The minimum absolute atomic E-state index is 0.0541. The first-order valence-electron chi connectivity index (χ1n) is 6.62. The lowest BCUT2D eigenvalue weighted by molar-refractivity contribution is 0.497. The van der Waals surface area contributed by atoms with Crippen molar-refractivity contribution in [3.63, 3.8) is 0 Å². The first kappa shape index (κ1) is 14.1. The van der Waals surface area contributed by atoms with E-state index in [2.05, 4.69) is 46.1 Å². The molecule has 1 aromatic heterocycles. The summed E-state index contributed by atoms with van der Waals surface area (Å²) < 4.78 is 2.19. The number of nitrogens with zero attached hydrogens (tertiary/aromatic N) is 2. The van der Waals surface area contributed by atoms with Gasteiger partial charge in [-0.1, -0.05) is 41.5 Å². The number of hydrogen-bond acceptors (Lipinski definition) is 2. The number of nitrogens with two attached hydrogens (primary N) is 1. The Balaban J connectivity index is 3.20. The first-order chi connectivity index (χ1) is 7.77. The Morgan fingerprint density at radius 3 is 2.29 bits per heavy atom. The van der Waals surface area contributed by atoms with E-state index in [1.54, 1.807) is 0 Å². The van der Waals surface area contributed by atoms with Gasteiger partial charge in [0.05, 0.1) is 5.69 Å². The molecule has 0 bridgehead atoms. The van der Waals surface area contributed by atoms with E-state index in [1.165, 1.54) is 0 Å². The first-order valence-corrected chi connectivity index (χ1v) is 6.62. The van der Waals surface area contributed by atoms with Gasteiger partial charge in [-0.15, -0.1) is 0 Å². The van der Waals surface area contributed by atoms with Crippen LogP contribution in [0.2, 0.25) is 0 Å². The summed E-state index contributed by atoms with van der Waals surface area (Å²) in [5.41, 5.74) is 7.36. The summed E-state index contributed by atoms with van der Waals surface area (Å²) in [5.74, 6) is 2.58. The lowest BCUT2D eigenvalue weighted by Crippen LogP contribution is -2.19. The van der Waals surface area contributed by atoms with Gasteiger partial charge in [0.15, 0.2) is 0 Å². The largest absolute Gasteiger partial charge is 0.384 e. The molecule has 2 N–H and O–H groups in total. The van der Waals surface area contributed by atoms with Crippen molar-refractivity contribution in [1.29, 1.82) is 0 Å². The van der Waals surface area contributed by atoms with Crippen LogP contribution in [0, 0.1) is 5.92 Å². The Kier molecular flexibility index (Phi) is 4.23. The van der Waals surface area contributed by atoms with Gasteiger partial charge in [-0.3, -0.25) is 0 Å². The van der Waals surface area contributed by atoms with Gasteiger partial charge in [-0.05, 0) is 18.8 Å². The fourth-order valence-electron chi connectivity index (χ4n) is 2.07. The van der Waals surface area contributed by atoms with Crippen molar-refractivity contribution in [2.75, 3.05) is 5.73 Å². The van der Waals surface area contributed by atoms with Gasteiger partial charge in [0.2, 0.25) is 0 Å². The van der Waals surface area contributed by atoms with E-state index in [0.29, 0.717) is 5.92 Å². The van der Waals surface area contributed by atoms with Gasteiger partial charge >= 0.3 is 0 Å². The Morgan fingerprint density at radius 1 is 1.29 bits per heavy atom. The molecule has 3 heteroatoms. The lowest BCUT2D eigenvalue weighted by Gasteiger charge is -2.19. The van der Waals surface area contributed by atoms with Crippen molar-refractivity contribution in [3.8, 4) is 0 Å². The molecule has 3 nitrogen and oxygen atoms in total. The Morgan fingerprint density at radius 2 is 1.88 bits per heavy atom. The highest BCUT2D eigenvalue weighted by molar-refractivity contribution is 5.40.